The smallest absolute Gasteiger partial charge is 0.308 e. The molecule has 1 aromatic carbocycles. The van der Waals surface area contributed by atoms with Gasteiger partial charge in [-0.1, -0.05) is 29.4 Å². The van der Waals surface area contributed by atoms with E-state index in [-0.39, 0.29) is 17.7 Å². The fourth-order valence-electron chi connectivity index (χ4n) is 2.94. The summed E-state index contributed by atoms with van der Waals surface area (Å²) in [6.45, 7) is 2.29. The van der Waals surface area contributed by atoms with Crippen molar-refractivity contribution in [2.24, 2.45) is 22.7 Å². The lowest BCUT2D eigenvalue weighted by molar-refractivity contribution is -0.147. The average molecular weight is 290 g/mol. The molecule has 5 nitrogen and oxygen atoms in total. The van der Waals surface area contributed by atoms with Crippen LogP contribution < -0.4 is 5.73 Å². The van der Waals surface area contributed by atoms with Gasteiger partial charge in [-0.15, -0.1) is 0 Å². The molecule has 1 fully saturated rings. The number of oxime groups is 1. The Bertz CT molecular complexity index is 511. The van der Waals surface area contributed by atoms with E-state index in [0.29, 0.717) is 18.1 Å². The predicted octanol–water partition coefficient (Wildman–Crippen LogP) is 2.30. The third-order valence-corrected chi connectivity index (χ3v) is 4.04. The lowest BCUT2D eigenvalue weighted by Crippen LogP contribution is -2.15. The number of carbonyl (C=O) groups is 1. The van der Waals surface area contributed by atoms with E-state index < -0.39 is 0 Å². The molecule has 5 heteroatoms. The molecule has 0 heterocycles. The predicted molar refractivity (Wildman–Crippen MR) is 80.1 cm³/mol. The maximum Gasteiger partial charge on any atom is 0.308 e. The number of hydrogen-bond acceptors (Lipinski definition) is 4. The quantitative estimate of drug-likeness (QED) is 0.286. The number of rotatable bonds is 5. The highest BCUT2D eigenvalue weighted by Crippen LogP contribution is 2.34. The van der Waals surface area contributed by atoms with Crippen molar-refractivity contribution in [1.82, 2.24) is 0 Å². The monoisotopic (exact) mass is 290 g/mol. The third kappa shape index (κ3) is 3.97. The number of benzene rings is 1. The van der Waals surface area contributed by atoms with Crippen molar-refractivity contribution in [1.29, 1.82) is 0 Å². The number of nitrogens with two attached hydrogens (primary N) is 1. The zero-order chi connectivity index (χ0) is 15.2. The number of hydrogen-bond donors (Lipinski definition) is 2. The molecule has 0 saturated heterocycles. The number of nitrogens with zero attached hydrogens (tertiary/aromatic N) is 1. The summed E-state index contributed by atoms with van der Waals surface area (Å²) in [6.07, 6.45) is 3.84. The molecule has 0 spiro atoms. The van der Waals surface area contributed by atoms with Gasteiger partial charge in [0.1, 0.15) is 0 Å². The van der Waals surface area contributed by atoms with Gasteiger partial charge in [0.2, 0.25) is 0 Å². The van der Waals surface area contributed by atoms with Crippen molar-refractivity contribution in [3.63, 3.8) is 0 Å². The van der Waals surface area contributed by atoms with E-state index in [1.54, 1.807) is 0 Å². The van der Waals surface area contributed by atoms with Crippen LogP contribution in [-0.2, 0) is 16.0 Å². The molecular weight excluding hydrogens is 268 g/mol. The molecule has 0 aromatic heterocycles. The van der Waals surface area contributed by atoms with Gasteiger partial charge in [-0.25, -0.2) is 0 Å². The van der Waals surface area contributed by atoms with Crippen LogP contribution in [0.15, 0.2) is 29.4 Å². The van der Waals surface area contributed by atoms with Gasteiger partial charge < -0.3 is 15.7 Å². The van der Waals surface area contributed by atoms with Gasteiger partial charge in [-0.2, -0.15) is 0 Å². The number of amidine groups is 1. The Morgan fingerprint density at radius 3 is 2.71 bits per heavy atom. The Balaban J connectivity index is 1.90. The van der Waals surface area contributed by atoms with Crippen molar-refractivity contribution in [3.8, 4) is 0 Å². The molecule has 0 aliphatic heterocycles. The van der Waals surface area contributed by atoms with Gasteiger partial charge in [0.15, 0.2) is 5.84 Å². The Morgan fingerprint density at radius 1 is 1.38 bits per heavy atom. The second-order valence-corrected chi connectivity index (χ2v) is 5.51. The summed E-state index contributed by atoms with van der Waals surface area (Å²) in [5.74, 6) is 0.646. The lowest BCUT2D eigenvalue weighted by Gasteiger charge is -2.11. The van der Waals surface area contributed by atoms with Crippen LogP contribution in [0.4, 0.5) is 0 Å². The first kappa shape index (κ1) is 15.4. The standard InChI is InChI=1S/C16H22N2O3/c1-2-21-16(19)14-8-5-12(10-14)9-11-3-6-13(7-4-11)15(17)18-20/h3-4,6-7,12,14,20H,2,5,8-10H2,1H3,(H2,17,18)/t12-,14-/m1/s1. The Morgan fingerprint density at radius 2 is 2.10 bits per heavy atom. The first-order valence-electron chi connectivity index (χ1n) is 7.37. The van der Waals surface area contributed by atoms with Crippen molar-refractivity contribution < 1.29 is 14.7 Å². The van der Waals surface area contributed by atoms with Crippen LogP contribution >= 0.6 is 0 Å². The fraction of sp³-hybridized carbons (Fsp3) is 0.500. The second-order valence-electron chi connectivity index (χ2n) is 5.51. The van der Waals surface area contributed by atoms with Gasteiger partial charge in [-0.05, 0) is 44.1 Å². The Hall–Kier alpha value is -2.04. The third-order valence-electron chi connectivity index (χ3n) is 4.04. The van der Waals surface area contributed by atoms with Crippen LogP contribution in [0.25, 0.3) is 0 Å². The molecular formula is C16H22N2O3. The summed E-state index contributed by atoms with van der Waals surface area (Å²) in [5, 5.41) is 11.6. The van der Waals surface area contributed by atoms with Crippen LogP contribution in [0.2, 0.25) is 0 Å². The molecule has 2 rings (SSSR count). The highest BCUT2D eigenvalue weighted by Gasteiger charge is 2.30. The molecule has 114 valence electrons. The SMILES string of the molecule is CCOC(=O)[C@@H]1CC[C@H](Cc2ccc(/C(N)=N/O)cc2)C1. The van der Waals surface area contributed by atoms with E-state index in [2.05, 4.69) is 5.16 Å². The molecule has 0 radical (unpaired) electrons. The van der Waals surface area contributed by atoms with Crippen LogP contribution in [0, 0.1) is 11.8 Å². The fourth-order valence-corrected chi connectivity index (χ4v) is 2.94. The van der Waals surface area contributed by atoms with Gasteiger partial charge in [0, 0.05) is 5.56 Å². The molecule has 1 aliphatic carbocycles. The molecule has 1 aromatic rings. The van der Waals surface area contributed by atoms with Crippen molar-refractivity contribution in [2.75, 3.05) is 6.61 Å². The number of esters is 1. The number of ether oxygens (including phenoxy) is 1. The van der Waals surface area contributed by atoms with E-state index >= 15 is 0 Å². The van der Waals surface area contributed by atoms with Crippen molar-refractivity contribution in [2.45, 2.75) is 32.6 Å². The van der Waals surface area contributed by atoms with Crippen LogP contribution in [0.3, 0.4) is 0 Å². The molecule has 0 unspecified atom stereocenters. The van der Waals surface area contributed by atoms with E-state index in [1.807, 2.05) is 31.2 Å². The summed E-state index contributed by atoms with van der Waals surface area (Å²) < 4.78 is 5.09. The Kier molecular flexibility index (Phi) is 5.20. The van der Waals surface area contributed by atoms with Crippen molar-refractivity contribution >= 4 is 11.8 Å². The average Bonchev–Trinajstić information content (AvgIpc) is 2.96. The molecule has 2 atom stereocenters. The maximum absolute atomic E-state index is 11.7. The van der Waals surface area contributed by atoms with Crippen LogP contribution in [0.5, 0.6) is 0 Å². The highest BCUT2D eigenvalue weighted by atomic mass is 16.5. The summed E-state index contributed by atoms with van der Waals surface area (Å²) in [4.78, 5) is 11.7. The van der Waals surface area contributed by atoms with Crippen molar-refractivity contribution in [3.05, 3.63) is 35.4 Å². The minimum atomic E-state index is -0.0534. The summed E-state index contributed by atoms with van der Waals surface area (Å²) in [6, 6.07) is 7.68. The van der Waals surface area contributed by atoms with Gasteiger partial charge in [0.25, 0.3) is 0 Å². The maximum atomic E-state index is 11.7. The molecule has 21 heavy (non-hydrogen) atoms. The molecule has 0 bridgehead atoms. The zero-order valence-electron chi connectivity index (χ0n) is 12.3. The first-order valence-corrected chi connectivity index (χ1v) is 7.37. The van der Waals surface area contributed by atoms with E-state index in [4.69, 9.17) is 15.7 Å². The minimum absolute atomic E-state index is 0.0534. The lowest BCUT2D eigenvalue weighted by atomic mass is 9.96. The highest BCUT2D eigenvalue weighted by molar-refractivity contribution is 5.96. The Labute approximate surface area is 124 Å². The van der Waals surface area contributed by atoms with E-state index in [0.717, 1.165) is 25.7 Å². The van der Waals surface area contributed by atoms with Gasteiger partial charge in [0.05, 0.1) is 12.5 Å². The van der Waals surface area contributed by atoms with Gasteiger partial charge in [-0.3, -0.25) is 4.79 Å². The normalized spacial score (nSPS) is 22.2. The summed E-state index contributed by atoms with van der Waals surface area (Å²) >= 11 is 0. The molecule has 1 saturated carbocycles. The summed E-state index contributed by atoms with van der Waals surface area (Å²) in [7, 11) is 0. The molecule has 1 aliphatic rings. The molecule has 0 amide bonds. The van der Waals surface area contributed by atoms with Crippen LogP contribution in [0.1, 0.15) is 37.3 Å². The first-order chi connectivity index (χ1) is 10.1. The molecule has 3 N–H and O–H groups in total. The topological polar surface area (TPSA) is 84.9 Å². The number of carbonyl (C=O) groups excluding carboxylic acids is 1. The van der Waals surface area contributed by atoms with Crippen LogP contribution in [-0.4, -0.2) is 23.6 Å². The van der Waals surface area contributed by atoms with Gasteiger partial charge >= 0.3 is 5.97 Å². The second kappa shape index (κ2) is 7.11. The van der Waals surface area contributed by atoms with E-state index in [9.17, 15) is 4.79 Å². The largest absolute Gasteiger partial charge is 0.466 e. The minimum Gasteiger partial charge on any atom is -0.466 e. The summed E-state index contributed by atoms with van der Waals surface area (Å²) in [5.41, 5.74) is 7.45. The van der Waals surface area contributed by atoms with E-state index in [1.165, 1.54) is 5.56 Å². The zero-order valence-corrected chi connectivity index (χ0v) is 12.3.